The molecule has 0 aliphatic heterocycles. The minimum absolute atomic E-state index is 0.131. The molecule has 0 aliphatic carbocycles. The van der Waals surface area contributed by atoms with Crippen molar-refractivity contribution in [3.05, 3.63) is 34.6 Å². The molecule has 0 saturated carbocycles. The van der Waals surface area contributed by atoms with E-state index >= 15 is 0 Å². The monoisotopic (exact) mass is 273 g/mol. The molecule has 1 rings (SSSR count). The van der Waals surface area contributed by atoms with E-state index in [0.717, 1.165) is 0 Å². The van der Waals surface area contributed by atoms with Crippen molar-refractivity contribution in [3.63, 3.8) is 0 Å². The summed E-state index contributed by atoms with van der Waals surface area (Å²) < 4.78 is 18.5. The molecule has 100 valence electrons. The molecule has 0 aliphatic rings. The van der Waals surface area contributed by atoms with Crippen molar-refractivity contribution in [2.45, 2.75) is 19.9 Å². The van der Waals surface area contributed by atoms with Crippen LogP contribution in [0.2, 0.25) is 5.02 Å². The Labute approximate surface area is 111 Å². The standard InChI is InChI=1S/C13H17ClFNO2/c1-8(2)7-16-12(13(17)18-3)11-9(14)5-4-6-10(11)15/h4-6,8,12,16H,7H2,1-3H3. The number of hydrogen-bond acceptors (Lipinski definition) is 3. The quantitative estimate of drug-likeness (QED) is 0.839. The van der Waals surface area contributed by atoms with Gasteiger partial charge < -0.3 is 10.1 Å². The molecule has 0 amide bonds. The van der Waals surface area contributed by atoms with Gasteiger partial charge in [0, 0.05) is 10.6 Å². The molecule has 1 aromatic rings. The molecule has 1 N–H and O–H groups in total. The van der Waals surface area contributed by atoms with Crippen molar-refractivity contribution >= 4 is 17.6 Å². The van der Waals surface area contributed by atoms with E-state index in [4.69, 9.17) is 11.6 Å². The fraction of sp³-hybridized carbons (Fsp3) is 0.462. The second-order valence-corrected chi connectivity index (χ2v) is 4.80. The lowest BCUT2D eigenvalue weighted by Gasteiger charge is -2.19. The zero-order valence-corrected chi connectivity index (χ0v) is 11.4. The van der Waals surface area contributed by atoms with E-state index < -0.39 is 17.8 Å². The number of carbonyl (C=O) groups excluding carboxylic acids is 1. The molecule has 3 nitrogen and oxygen atoms in total. The van der Waals surface area contributed by atoms with E-state index in [1.54, 1.807) is 6.07 Å². The summed E-state index contributed by atoms with van der Waals surface area (Å²) in [5.41, 5.74) is 0.131. The van der Waals surface area contributed by atoms with Gasteiger partial charge in [0.1, 0.15) is 11.9 Å². The highest BCUT2D eigenvalue weighted by Crippen LogP contribution is 2.26. The number of esters is 1. The predicted molar refractivity (Wildman–Crippen MR) is 69.0 cm³/mol. The van der Waals surface area contributed by atoms with Crippen molar-refractivity contribution in [2.75, 3.05) is 13.7 Å². The largest absolute Gasteiger partial charge is 0.468 e. The fourth-order valence-electron chi connectivity index (χ4n) is 1.56. The molecule has 0 radical (unpaired) electrons. The molecule has 0 bridgehead atoms. The summed E-state index contributed by atoms with van der Waals surface area (Å²) in [5, 5.41) is 3.18. The van der Waals surface area contributed by atoms with Crippen molar-refractivity contribution in [1.82, 2.24) is 5.32 Å². The summed E-state index contributed by atoms with van der Waals surface area (Å²) in [5.74, 6) is -0.750. The summed E-state index contributed by atoms with van der Waals surface area (Å²) in [6.07, 6.45) is 0. The van der Waals surface area contributed by atoms with Crippen LogP contribution in [0, 0.1) is 11.7 Å². The first-order chi connectivity index (χ1) is 8.47. The Balaban J connectivity index is 3.05. The maximum atomic E-state index is 13.8. The molecular formula is C13H17ClFNO2. The van der Waals surface area contributed by atoms with Crippen LogP contribution in [0.4, 0.5) is 4.39 Å². The smallest absolute Gasteiger partial charge is 0.327 e. The van der Waals surface area contributed by atoms with Gasteiger partial charge >= 0.3 is 5.97 Å². The van der Waals surface area contributed by atoms with Crippen LogP contribution in [0.25, 0.3) is 0 Å². The maximum absolute atomic E-state index is 13.8. The Kier molecular flexibility index (Phi) is 5.56. The van der Waals surface area contributed by atoms with E-state index in [9.17, 15) is 9.18 Å². The fourth-order valence-corrected chi connectivity index (χ4v) is 1.83. The lowest BCUT2D eigenvalue weighted by molar-refractivity contribution is -0.143. The van der Waals surface area contributed by atoms with E-state index in [2.05, 4.69) is 10.1 Å². The lowest BCUT2D eigenvalue weighted by Crippen LogP contribution is -2.33. The van der Waals surface area contributed by atoms with Gasteiger partial charge in [-0.2, -0.15) is 0 Å². The molecule has 5 heteroatoms. The third kappa shape index (κ3) is 3.68. The number of rotatable bonds is 5. The number of methoxy groups -OCH3 is 1. The van der Waals surface area contributed by atoms with Crippen molar-refractivity contribution in [2.24, 2.45) is 5.92 Å². The number of halogens is 2. The van der Waals surface area contributed by atoms with Crippen LogP contribution in [0.3, 0.4) is 0 Å². The third-order valence-corrected chi connectivity index (χ3v) is 2.79. The van der Waals surface area contributed by atoms with Gasteiger partial charge in [0.15, 0.2) is 0 Å². The summed E-state index contributed by atoms with van der Waals surface area (Å²) >= 11 is 5.95. The highest BCUT2D eigenvalue weighted by Gasteiger charge is 2.26. The van der Waals surface area contributed by atoms with Gasteiger partial charge in [0.25, 0.3) is 0 Å². The van der Waals surface area contributed by atoms with Crippen molar-refractivity contribution in [3.8, 4) is 0 Å². The van der Waals surface area contributed by atoms with Crippen LogP contribution in [-0.4, -0.2) is 19.6 Å². The molecule has 0 aromatic heterocycles. The lowest BCUT2D eigenvalue weighted by atomic mass is 10.1. The van der Waals surface area contributed by atoms with Gasteiger partial charge in [-0.25, -0.2) is 9.18 Å². The molecule has 1 atom stereocenters. The Bertz CT molecular complexity index is 403. The number of nitrogens with one attached hydrogen (secondary N) is 1. The van der Waals surface area contributed by atoms with Crippen LogP contribution in [0.5, 0.6) is 0 Å². The van der Waals surface area contributed by atoms with Gasteiger partial charge in [-0.05, 0) is 24.6 Å². The average Bonchev–Trinajstić information content (AvgIpc) is 2.31. The Morgan fingerprint density at radius 3 is 2.67 bits per heavy atom. The SMILES string of the molecule is COC(=O)C(NCC(C)C)c1c(F)cccc1Cl. The van der Waals surface area contributed by atoms with Gasteiger partial charge in [-0.15, -0.1) is 0 Å². The summed E-state index contributed by atoms with van der Waals surface area (Å²) in [6, 6.07) is 3.44. The number of hydrogen-bond donors (Lipinski definition) is 1. The Hall–Kier alpha value is -1.13. The molecule has 1 aromatic carbocycles. The first-order valence-corrected chi connectivity index (χ1v) is 6.10. The second-order valence-electron chi connectivity index (χ2n) is 4.39. The first-order valence-electron chi connectivity index (χ1n) is 5.72. The van der Waals surface area contributed by atoms with Gasteiger partial charge in [0.2, 0.25) is 0 Å². The second kappa shape index (κ2) is 6.71. The molecule has 1 unspecified atom stereocenters. The summed E-state index contributed by atoms with van der Waals surface area (Å²) in [6.45, 7) is 4.54. The molecular weight excluding hydrogens is 257 g/mol. The number of ether oxygens (including phenoxy) is 1. The van der Waals surface area contributed by atoms with E-state index in [-0.39, 0.29) is 10.6 Å². The average molecular weight is 274 g/mol. The van der Waals surface area contributed by atoms with Crippen LogP contribution in [-0.2, 0) is 9.53 Å². The van der Waals surface area contributed by atoms with Gasteiger partial charge in [0.05, 0.1) is 7.11 Å². The molecule has 0 spiro atoms. The molecule has 0 heterocycles. The topological polar surface area (TPSA) is 38.3 Å². The maximum Gasteiger partial charge on any atom is 0.327 e. The number of carbonyl (C=O) groups is 1. The predicted octanol–water partition coefficient (Wildman–Crippen LogP) is 2.94. The van der Waals surface area contributed by atoms with Gasteiger partial charge in [-0.1, -0.05) is 31.5 Å². The first kappa shape index (κ1) is 14.9. The zero-order chi connectivity index (χ0) is 13.7. The van der Waals surface area contributed by atoms with Crippen LogP contribution in [0.15, 0.2) is 18.2 Å². The molecule has 0 fully saturated rings. The van der Waals surface area contributed by atoms with Crippen LogP contribution in [0.1, 0.15) is 25.5 Å². The van der Waals surface area contributed by atoms with Crippen molar-refractivity contribution in [1.29, 1.82) is 0 Å². The van der Waals surface area contributed by atoms with E-state index in [0.29, 0.717) is 12.5 Å². The van der Waals surface area contributed by atoms with E-state index in [1.807, 2.05) is 13.8 Å². The highest BCUT2D eigenvalue weighted by molar-refractivity contribution is 6.31. The number of benzene rings is 1. The van der Waals surface area contributed by atoms with Gasteiger partial charge in [-0.3, -0.25) is 0 Å². The van der Waals surface area contributed by atoms with Crippen LogP contribution >= 0.6 is 11.6 Å². The molecule has 18 heavy (non-hydrogen) atoms. The van der Waals surface area contributed by atoms with Crippen molar-refractivity contribution < 1.29 is 13.9 Å². The van der Waals surface area contributed by atoms with Crippen LogP contribution < -0.4 is 5.32 Å². The Morgan fingerprint density at radius 1 is 1.50 bits per heavy atom. The minimum Gasteiger partial charge on any atom is -0.468 e. The molecule has 0 saturated heterocycles. The zero-order valence-electron chi connectivity index (χ0n) is 10.7. The summed E-state index contributed by atoms with van der Waals surface area (Å²) in [4.78, 5) is 11.7. The third-order valence-electron chi connectivity index (χ3n) is 2.46. The summed E-state index contributed by atoms with van der Waals surface area (Å²) in [7, 11) is 1.27. The normalized spacial score (nSPS) is 12.6. The highest BCUT2D eigenvalue weighted by atomic mass is 35.5. The Morgan fingerprint density at radius 2 is 2.17 bits per heavy atom. The van der Waals surface area contributed by atoms with E-state index in [1.165, 1.54) is 19.2 Å². The minimum atomic E-state index is -0.883.